The Morgan fingerprint density at radius 2 is 1.74 bits per heavy atom. The first-order chi connectivity index (χ1) is 13.3. The van der Waals surface area contributed by atoms with E-state index in [1.54, 1.807) is 42.7 Å². The van der Waals surface area contributed by atoms with E-state index in [2.05, 4.69) is 20.1 Å². The molecule has 1 fully saturated rings. The maximum atomic E-state index is 12.8. The van der Waals surface area contributed by atoms with Crippen LogP contribution in [0, 0.1) is 0 Å². The Bertz CT molecular complexity index is 902. The Hall–Kier alpha value is -3.42. The molecule has 0 radical (unpaired) electrons. The van der Waals surface area contributed by atoms with Crippen molar-refractivity contribution in [3.8, 4) is 11.6 Å². The summed E-state index contributed by atoms with van der Waals surface area (Å²) >= 11 is 0. The Labute approximate surface area is 157 Å². The summed E-state index contributed by atoms with van der Waals surface area (Å²) in [6.45, 7) is 2.84. The highest BCUT2D eigenvalue weighted by Gasteiger charge is 2.23. The monoisotopic (exact) mass is 364 g/mol. The van der Waals surface area contributed by atoms with E-state index in [-0.39, 0.29) is 5.91 Å². The molecule has 1 aromatic carbocycles. The molecule has 0 aliphatic carbocycles. The fourth-order valence-electron chi connectivity index (χ4n) is 3.21. The van der Waals surface area contributed by atoms with Crippen LogP contribution in [0.1, 0.15) is 10.4 Å². The van der Waals surface area contributed by atoms with Crippen molar-refractivity contribution in [3.63, 3.8) is 0 Å². The van der Waals surface area contributed by atoms with E-state index >= 15 is 0 Å². The van der Waals surface area contributed by atoms with Crippen molar-refractivity contribution in [3.05, 3.63) is 60.8 Å². The lowest BCUT2D eigenvalue weighted by molar-refractivity contribution is 0.0746. The molecule has 2 aromatic heterocycles. The van der Waals surface area contributed by atoms with Gasteiger partial charge in [-0.2, -0.15) is 0 Å². The van der Waals surface area contributed by atoms with Crippen molar-refractivity contribution in [2.45, 2.75) is 0 Å². The number of amides is 1. The van der Waals surface area contributed by atoms with E-state index in [4.69, 9.17) is 4.74 Å². The molecule has 1 aliphatic rings. The summed E-state index contributed by atoms with van der Waals surface area (Å²) < 4.78 is 7.14. The molecule has 8 nitrogen and oxygen atoms in total. The van der Waals surface area contributed by atoms with Crippen molar-refractivity contribution in [2.24, 2.45) is 0 Å². The molecule has 138 valence electrons. The lowest BCUT2D eigenvalue weighted by Gasteiger charge is -2.36. The first-order valence-electron chi connectivity index (χ1n) is 8.74. The van der Waals surface area contributed by atoms with E-state index in [9.17, 15) is 4.79 Å². The maximum Gasteiger partial charge on any atom is 0.255 e. The first kappa shape index (κ1) is 17.0. The van der Waals surface area contributed by atoms with Crippen LogP contribution in [0.15, 0.2) is 55.2 Å². The van der Waals surface area contributed by atoms with Gasteiger partial charge in [-0.05, 0) is 24.3 Å². The number of piperazine rings is 1. The third kappa shape index (κ3) is 3.46. The van der Waals surface area contributed by atoms with Crippen molar-refractivity contribution in [1.82, 2.24) is 24.6 Å². The molecule has 27 heavy (non-hydrogen) atoms. The third-order valence-corrected chi connectivity index (χ3v) is 4.67. The highest BCUT2D eigenvalue weighted by Crippen LogP contribution is 2.28. The third-order valence-electron chi connectivity index (χ3n) is 4.67. The number of anilines is 1. The van der Waals surface area contributed by atoms with Gasteiger partial charge in [-0.25, -0.2) is 4.98 Å². The average Bonchev–Trinajstić information content (AvgIpc) is 3.28. The summed E-state index contributed by atoms with van der Waals surface area (Å²) in [5.74, 6) is 1.53. The lowest BCUT2D eigenvalue weighted by Crippen LogP contribution is -2.48. The van der Waals surface area contributed by atoms with Gasteiger partial charge in [0.15, 0.2) is 0 Å². The molecule has 0 saturated carbocycles. The minimum absolute atomic E-state index is 0.00233. The molecule has 8 heteroatoms. The number of hydrogen-bond donors (Lipinski definition) is 0. The first-order valence-corrected chi connectivity index (χ1v) is 8.74. The summed E-state index contributed by atoms with van der Waals surface area (Å²) in [5.41, 5.74) is 1.64. The molecule has 0 N–H and O–H groups in total. The number of carbonyl (C=O) groups is 1. The maximum absolute atomic E-state index is 12.8. The smallest absolute Gasteiger partial charge is 0.255 e. The largest absolute Gasteiger partial charge is 0.495 e. The number of aromatic nitrogens is 4. The molecular weight excluding hydrogens is 344 g/mol. The summed E-state index contributed by atoms with van der Waals surface area (Å²) in [7, 11) is 1.68. The molecule has 0 spiro atoms. The predicted molar refractivity (Wildman–Crippen MR) is 100 cm³/mol. The molecular formula is C19H20N6O2. The van der Waals surface area contributed by atoms with Gasteiger partial charge in [-0.1, -0.05) is 12.1 Å². The molecule has 0 bridgehead atoms. The number of methoxy groups -OCH3 is 1. The molecule has 0 atom stereocenters. The summed E-state index contributed by atoms with van der Waals surface area (Å²) in [4.78, 5) is 21.2. The van der Waals surface area contributed by atoms with Crippen LogP contribution in [-0.4, -0.2) is 63.8 Å². The van der Waals surface area contributed by atoms with Crippen LogP contribution in [0.5, 0.6) is 5.75 Å². The second-order valence-corrected chi connectivity index (χ2v) is 6.23. The molecule has 4 rings (SSSR count). The van der Waals surface area contributed by atoms with E-state index < -0.39 is 0 Å². The van der Waals surface area contributed by atoms with Gasteiger partial charge in [-0.3, -0.25) is 9.36 Å². The number of para-hydroxylation sites is 2. The fraction of sp³-hybridized carbons (Fsp3) is 0.263. The second kappa shape index (κ2) is 7.45. The Morgan fingerprint density at radius 1 is 1.00 bits per heavy atom. The van der Waals surface area contributed by atoms with Gasteiger partial charge in [0, 0.05) is 32.4 Å². The predicted octanol–water partition coefficient (Wildman–Crippen LogP) is 1.63. The van der Waals surface area contributed by atoms with Crippen molar-refractivity contribution in [1.29, 1.82) is 0 Å². The summed E-state index contributed by atoms with van der Waals surface area (Å²) in [6.07, 6.45) is 4.74. The molecule has 1 amide bonds. The lowest BCUT2D eigenvalue weighted by atomic mass is 10.2. The zero-order chi connectivity index (χ0) is 18.6. The minimum atomic E-state index is -0.00233. The molecule has 3 aromatic rings. The Morgan fingerprint density at radius 3 is 2.41 bits per heavy atom. The number of nitrogens with zero attached hydrogens (tertiary/aromatic N) is 6. The number of carbonyl (C=O) groups excluding carboxylic acids is 1. The van der Waals surface area contributed by atoms with Crippen LogP contribution in [0.2, 0.25) is 0 Å². The van der Waals surface area contributed by atoms with Gasteiger partial charge in [0.05, 0.1) is 18.4 Å². The molecule has 3 heterocycles. The molecule has 0 unspecified atom stereocenters. The second-order valence-electron chi connectivity index (χ2n) is 6.23. The van der Waals surface area contributed by atoms with E-state index in [1.165, 1.54) is 0 Å². The highest BCUT2D eigenvalue weighted by molar-refractivity contribution is 5.94. The van der Waals surface area contributed by atoms with Gasteiger partial charge in [0.25, 0.3) is 5.91 Å². The standard InChI is InChI=1S/C19H20N6O2/c1-27-17-5-3-2-4-16(17)23-8-10-24(11-9-23)19(26)15-6-7-18(20-12-15)25-13-21-22-14-25/h2-7,12-14H,8-11H2,1H3. The Kier molecular flexibility index (Phi) is 4.69. The van der Waals surface area contributed by atoms with Gasteiger partial charge >= 0.3 is 0 Å². The van der Waals surface area contributed by atoms with Crippen LogP contribution >= 0.6 is 0 Å². The minimum Gasteiger partial charge on any atom is -0.495 e. The zero-order valence-corrected chi connectivity index (χ0v) is 15.0. The molecule has 1 saturated heterocycles. The SMILES string of the molecule is COc1ccccc1N1CCN(C(=O)c2ccc(-n3cnnc3)nc2)CC1. The van der Waals surface area contributed by atoms with Crippen molar-refractivity contribution < 1.29 is 9.53 Å². The van der Waals surface area contributed by atoms with Crippen LogP contribution in [0.25, 0.3) is 5.82 Å². The zero-order valence-electron chi connectivity index (χ0n) is 15.0. The van der Waals surface area contributed by atoms with Crippen LogP contribution in [0.3, 0.4) is 0 Å². The van der Waals surface area contributed by atoms with Gasteiger partial charge in [0.1, 0.15) is 24.2 Å². The number of hydrogen-bond acceptors (Lipinski definition) is 6. The van der Waals surface area contributed by atoms with Crippen molar-refractivity contribution >= 4 is 11.6 Å². The number of pyridine rings is 1. The normalized spacial score (nSPS) is 14.3. The van der Waals surface area contributed by atoms with Gasteiger partial charge in [-0.15, -0.1) is 10.2 Å². The fourth-order valence-corrected chi connectivity index (χ4v) is 3.21. The van der Waals surface area contributed by atoms with Crippen LogP contribution < -0.4 is 9.64 Å². The van der Waals surface area contributed by atoms with E-state index in [0.29, 0.717) is 24.5 Å². The highest BCUT2D eigenvalue weighted by atomic mass is 16.5. The quantitative estimate of drug-likeness (QED) is 0.700. The number of ether oxygens (including phenoxy) is 1. The van der Waals surface area contributed by atoms with Crippen LogP contribution in [0.4, 0.5) is 5.69 Å². The Balaban J connectivity index is 1.41. The van der Waals surface area contributed by atoms with E-state index in [0.717, 1.165) is 24.5 Å². The average molecular weight is 364 g/mol. The van der Waals surface area contributed by atoms with Crippen molar-refractivity contribution in [2.75, 3.05) is 38.2 Å². The topological polar surface area (TPSA) is 76.4 Å². The number of benzene rings is 1. The summed E-state index contributed by atoms with van der Waals surface area (Å²) in [6, 6.07) is 11.5. The molecule has 1 aliphatic heterocycles. The van der Waals surface area contributed by atoms with Gasteiger partial charge < -0.3 is 14.5 Å². The van der Waals surface area contributed by atoms with E-state index in [1.807, 2.05) is 29.2 Å². The van der Waals surface area contributed by atoms with Gasteiger partial charge in [0.2, 0.25) is 0 Å². The summed E-state index contributed by atoms with van der Waals surface area (Å²) in [5, 5.41) is 7.52. The van der Waals surface area contributed by atoms with Crippen LogP contribution in [-0.2, 0) is 0 Å². The number of rotatable bonds is 4.